The van der Waals surface area contributed by atoms with Gasteiger partial charge in [-0.25, -0.2) is 0 Å². The van der Waals surface area contributed by atoms with Gasteiger partial charge in [0.05, 0.1) is 5.52 Å². The number of nitrogens with zero attached hydrogens (tertiary/aromatic N) is 1. The van der Waals surface area contributed by atoms with Crippen LogP contribution in [0.3, 0.4) is 0 Å². The predicted octanol–water partition coefficient (Wildman–Crippen LogP) is 2.62. The molecule has 1 aromatic heterocycles. The number of aromatic hydroxyl groups is 1. The van der Waals surface area contributed by atoms with Crippen LogP contribution in [0.5, 0.6) is 5.75 Å². The molecule has 1 N–H and O–H groups in total. The molecule has 4 heteroatoms. The highest BCUT2D eigenvalue weighted by atomic mass is 16.3. The maximum Gasteiger partial charge on any atom is 0.265 e. The number of carbonyl (C=O) groups excluding carboxylic acids is 1. The highest BCUT2D eigenvalue weighted by Gasteiger charge is 2.29. The molecule has 0 unspecified atom stereocenters. The molecule has 4 nitrogen and oxygen atoms in total. The molecule has 1 aliphatic carbocycles. The molecule has 1 fully saturated rings. The second-order valence-electron chi connectivity index (χ2n) is 5.45. The van der Waals surface area contributed by atoms with Crippen molar-refractivity contribution in [2.75, 3.05) is 0 Å². The van der Waals surface area contributed by atoms with Crippen LogP contribution in [0.4, 0.5) is 0 Å². The quantitative estimate of drug-likeness (QED) is 0.854. The first kappa shape index (κ1) is 12.9. The Morgan fingerprint density at radius 3 is 2.60 bits per heavy atom. The summed E-state index contributed by atoms with van der Waals surface area (Å²) in [6, 6.07) is 7.09. The Bertz CT molecular complexity index is 739. The smallest absolute Gasteiger partial charge is 0.265 e. The summed E-state index contributed by atoms with van der Waals surface area (Å²) >= 11 is 0. The summed E-state index contributed by atoms with van der Waals surface area (Å²) < 4.78 is 1.44. The molecule has 0 amide bonds. The average molecular weight is 271 g/mol. The molecule has 104 valence electrons. The van der Waals surface area contributed by atoms with Crippen molar-refractivity contribution in [3.05, 3.63) is 40.2 Å². The van der Waals surface area contributed by atoms with Crippen LogP contribution in [0.25, 0.3) is 10.9 Å². The number of Topliss-reactive ketones (excluding diaryl/α,β-unsaturated/α-hetero) is 1. The fraction of sp³-hybridized carbons (Fsp3) is 0.375. The van der Waals surface area contributed by atoms with Crippen molar-refractivity contribution in [3.63, 3.8) is 0 Å². The van der Waals surface area contributed by atoms with Crippen molar-refractivity contribution in [1.29, 1.82) is 0 Å². The Morgan fingerprint density at radius 1 is 1.25 bits per heavy atom. The maximum atomic E-state index is 12.5. The van der Waals surface area contributed by atoms with Crippen LogP contribution in [-0.2, 0) is 7.05 Å². The lowest BCUT2D eigenvalue weighted by molar-refractivity contribution is 0.0918. The van der Waals surface area contributed by atoms with Gasteiger partial charge in [-0.3, -0.25) is 9.59 Å². The van der Waals surface area contributed by atoms with Gasteiger partial charge in [0.1, 0.15) is 11.3 Å². The van der Waals surface area contributed by atoms with Crippen molar-refractivity contribution in [2.45, 2.75) is 25.7 Å². The fourth-order valence-electron chi connectivity index (χ4n) is 3.09. The number of benzene rings is 1. The van der Waals surface area contributed by atoms with Gasteiger partial charge in [-0.05, 0) is 25.0 Å². The van der Waals surface area contributed by atoms with Crippen LogP contribution in [0.1, 0.15) is 36.0 Å². The zero-order valence-electron chi connectivity index (χ0n) is 11.4. The number of carbonyl (C=O) groups is 1. The van der Waals surface area contributed by atoms with Crippen molar-refractivity contribution in [1.82, 2.24) is 4.57 Å². The van der Waals surface area contributed by atoms with Gasteiger partial charge >= 0.3 is 0 Å². The summed E-state index contributed by atoms with van der Waals surface area (Å²) in [5.74, 6) is -0.485. The summed E-state index contributed by atoms with van der Waals surface area (Å²) in [7, 11) is 1.63. The molecular weight excluding hydrogens is 254 g/mol. The van der Waals surface area contributed by atoms with Crippen LogP contribution >= 0.6 is 0 Å². The van der Waals surface area contributed by atoms with Gasteiger partial charge in [0.25, 0.3) is 5.56 Å². The third-order valence-corrected chi connectivity index (χ3v) is 4.25. The van der Waals surface area contributed by atoms with Gasteiger partial charge in [0, 0.05) is 18.4 Å². The number of aryl methyl sites for hydroxylation is 1. The van der Waals surface area contributed by atoms with Gasteiger partial charge in [0.2, 0.25) is 0 Å². The molecule has 0 aliphatic heterocycles. The summed E-state index contributed by atoms with van der Waals surface area (Å²) in [5, 5.41) is 10.9. The maximum absolute atomic E-state index is 12.5. The zero-order valence-corrected chi connectivity index (χ0v) is 11.4. The zero-order chi connectivity index (χ0) is 14.3. The van der Waals surface area contributed by atoms with Crippen molar-refractivity contribution in [2.24, 2.45) is 13.0 Å². The Kier molecular flexibility index (Phi) is 3.08. The molecule has 2 aromatic rings. The SMILES string of the molecule is Cn1c(=O)c(C(=O)C2CCCC2)c(O)c2ccccc21. The summed E-state index contributed by atoms with van der Waals surface area (Å²) in [4.78, 5) is 24.9. The molecule has 0 bridgehead atoms. The van der Waals surface area contributed by atoms with Crippen molar-refractivity contribution < 1.29 is 9.90 Å². The minimum absolute atomic E-state index is 0.0434. The van der Waals surface area contributed by atoms with Crippen LogP contribution < -0.4 is 5.56 Å². The Labute approximate surface area is 116 Å². The highest BCUT2D eigenvalue weighted by Crippen LogP contribution is 2.32. The summed E-state index contributed by atoms with van der Waals surface area (Å²) in [6.45, 7) is 0. The third-order valence-electron chi connectivity index (χ3n) is 4.25. The molecule has 1 saturated carbocycles. The van der Waals surface area contributed by atoms with Crippen LogP contribution in [-0.4, -0.2) is 15.5 Å². The van der Waals surface area contributed by atoms with Gasteiger partial charge in [0.15, 0.2) is 5.78 Å². The van der Waals surface area contributed by atoms with Crippen molar-refractivity contribution >= 4 is 16.7 Å². The lowest BCUT2D eigenvalue weighted by atomic mass is 9.95. The molecule has 0 radical (unpaired) electrons. The topological polar surface area (TPSA) is 59.3 Å². The van der Waals surface area contributed by atoms with E-state index in [1.807, 2.05) is 0 Å². The lowest BCUT2D eigenvalue weighted by Gasteiger charge is -2.13. The Hall–Kier alpha value is -2.10. The second-order valence-corrected chi connectivity index (χ2v) is 5.45. The van der Waals surface area contributed by atoms with E-state index in [0.717, 1.165) is 25.7 Å². The van der Waals surface area contributed by atoms with Crippen molar-refractivity contribution in [3.8, 4) is 5.75 Å². The number of aromatic nitrogens is 1. The van der Waals surface area contributed by atoms with Crippen LogP contribution in [0, 0.1) is 5.92 Å². The molecule has 1 heterocycles. The average Bonchev–Trinajstić information content (AvgIpc) is 2.99. The Morgan fingerprint density at radius 2 is 1.90 bits per heavy atom. The van der Waals surface area contributed by atoms with Gasteiger partial charge in [-0.2, -0.15) is 0 Å². The number of ketones is 1. The summed E-state index contributed by atoms with van der Waals surface area (Å²) in [6.07, 6.45) is 3.67. The first-order valence-corrected chi connectivity index (χ1v) is 6.96. The van der Waals surface area contributed by atoms with E-state index in [1.54, 1.807) is 31.3 Å². The minimum Gasteiger partial charge on any atom is -0.506 e. The van der Waals surface area contributed by atoms with Gasteiger partial charge in [-0.1, -0.05) is 25.0 Å². The molecule has 1 aromatic carbocycles. The van der Waals surface area contributed by atoms with E-state index in [0.29, 0.717) is 10.9 Å². The number of para-hydroxylation sites is 1. The normalized spacial score (nSPS) is 15.8. The van der Waals surface area contributed by atoms with E-state index in [4.69, 9.17) is 0 Å². The molecule has 0 saturated heterocycles. The highest BCUT2D eigenvalue weighted by molar-refractivity contribution is 6.04. The van der Waals surface area contributed by atoms with E-state index in [1.165, 1.54) is 4.57 Å². The molecule has 0 spiro atoms. The number of fused-ring (bicyclic) bond motifs is 1. The first-order valence-electron chi connectivity index (χ1n) is 6.96. The van der Waals surface area contributed by atoms with Gasteiger partial charge < -0.3 is 9.67 Å². The largest absolute Gasteiger partial charge is 0.506 e. The first-order chi connectivity index (χ1) is 9.61. The predicted molar refractivity (Wildman–Crippen MR) is 77.1 cm³/mol. The summed E-state index contributed by atoms with van der Waals surface area (Å²) in [5.41, 5.74) is 0.189. The Balaban J connectivity index is 2.25. The monoisotopic (exact) mass is 271 g/mol. The van der Waals surface area contributed by atoms with E-state index in [2.05, 4.69) is 0 Å². The second kappa shape index (κ2) is 4.78. The lowest BCUT2D eigenvalue weighted by Crippen LogP contribution is -2.27. The minimum atomic E-state index is -0.405. The number of hydrogen-bond donors (Lipinski definition) is 1. The van der Waals surface area contributed by atoms with E-state index >= 15 is 0 Å². The number of rotatable bonds is 2. The number of pyridine rings is 1. The molecule has 3 rings (SSSR count). The standard InChI is InChI=1S/C16H17NO3/c1-17-12-9-5-4-8-11(12)15(19)13(16(17)20)14(18)10-6-2-3-7-10/h4-5,8-10,19H,2-3,6-7H2,1H3. The van der Waals surface area contributed by atoms with Crippen LogP contribution in [0.15, 0.2) is 29.1 Å². The van der Waals surface area contributed by atoms with Crippen LogP contribution in [0.2, 0.25) is 0 Å². The third kappa shape index (κ3) is 1.83. The molecule has 0 atom stereocenters. The van der Waals surface area contributed by atoms with E-state index in [9.17, 15) is 14.7 Å². The molecule has 20 heavy (non-hydrogen) atoms. The number of hydrogen-bond acceptors (Lipinski definition) is 3. The van der Waals surface area contributed by atoms with Gasteiger partial charge in [-0.15, -0.1) is 0 Å². The molecular formula is C16H17NO3. The molecule has 1 aliphatic rings. The fourth-order valence-corrected chi connectivity index (χ4v) is 3.09. The van der Waals surface area contributed by atoms with E-state index in [-0.39, 0.29) is 23.0 Å². The van der Waals surface area contributed by atoms with E-state index < -0.39 is 5.56 Å².